The van der Waals surface area contributed by atoms with Gasteiger partial charge in [-0.3, -0.25) is 14.6 Å². The van der Waals surface area contributed by atoms with E-state index in [0.29, 0.717) is 44.1 Å². The van der Waals surface area contributed by atoms with Crippen LogP contribution in [0.15, 0.2) is 60.9 Å². The molecule has 1 aliphatic heterocycles. The molecule has 6 nitrogen and oxygen atoms in total. The van der Waals surface area contributed by atoms with Crippen molar-refractivity contribution in [2.75, 3.05) is 26.2 Å². The molecule has 3 heterocycles. The third kappa shape index (κ3) is 4.68. The molecule has 0 aliphatic carbocycles. The summed E-state index contributed by atoms with van der Waals surface area (Å²) < 4.78 is 5.81. The number of ether oxygens (including phenoxy) is 1. The minimum Gasteiger partial charge on any atom is -0.489 e. The number of amides is 2. The Morgan fingerprint density at radius 1 is 1.00 bits per heavy atom. The van der Waals surface area contributed by atoms with Gasteiger partial charge in [-0.2, -0.15) is 0 Å². The van der Waals surface area contributed by atoms with Crippen LogP contribution in [0.1, 0.15) is 30.5 Å². The molecule has 0 spiro atoms. The number of hydrogen-bond donors (Lipinski definition) is 0. The molecule has 1 aliphatic rings. The quantitative estimate of drug-likeness (QED) is 0.631. The third-order valence-electron chi connectivity index (χ3n) is 5.01. The lowest BCUT2D eigenvalue weighted by atomic mass is 10.1. The molecule has 1 fully saturated rings. The Balaban J connectivity index is 1.34. The highest BCUT2D eigenvalue weighted by Gasteiger charge is 2.26. The summed E-state index contributed by atoms with van der Waals surface area (Å²) in [5.41, 5.74) is 1.56. The number of piperazine rings is 1. The van der Waals surface area contributed by atoms with Gasteiger partial charge in [-0.1, -0.05) is 12.1 Å². The van der Waals surface area contributed by atoms with E-state index in [1.54, 1.807) is 29.4 Å². The molecule has 154 valence electrons. The number of hydrogen-bond acceptors (Lipinski definition) is 5. The van der Waals surface area contributed by atoms with E-state index in [0.717, 1.165) is 15.3 Å². The topological polar surface area (TPSA) is 62.7 Å². The lowest BCUT2D eigenvalue weighted by Gasteiger charge is -2.34. The molecule has 2 amide bonds. The van der Waals surface area contributed by atoms with Gasteiger partial charge in [0.25, 0.3) is 11.8 Å². The van der Waals surface area contributed by atoms with Crippen molar-refractivity contribution < 1.29 is 14.3 Å². The van der Waals surface area contributed by atoms with Crippen molar-refractivity contribution in [1.82, 2.24) is 14.8 Å². The predicted molar refractivity (Wildman–Crippen MR) is 116 cm³/mol. The van der Waals surface area contributed by atoms with Crippen LogP contribution in [0.5, 0.6) is 5.75 Å². The van der Waals surface area contributed by atoms with Crippen molar-refractivity contribution in [2.24, 2.45) is 0 Å². The van der Waals surface area contributed by atoms with E-state index < -0.39 is 0 Å². The Kier molecular flexibility index (Phi) is 6.09. The van der Waals surface area contributed by atoms with Crippen molar-refractivity contribution in [3.63, 3.8) is 0 Å². The molecule has 1 saturated heterocycles. The van der Waals surface area contributed by atoms with Crippen LogP contribution >= 0.6 is 11.3 Å². The minimum absolute atomic E-state index is 0.0408. The summed E-state index contributed by atoms with van der Waals surface area (Å²) in [6.45, 7) is 4.52. The highest BCUT2D eigenvalue weighted by Crippen LogP contribution is 2.20. The fourth-order valence-electron chi connectivity index (χ4n) is 3.37. The zero-order valence-electron chi connectivity index (χ0n) is 16.8. The molecule has 7 heteroatoms. The summed E-state index contributed by atoms with van der Waals surface area (Å²) in [5.74, 6) is 0.651. The van der Waals surface area contributed by atoms with Crippen LogP contribution in [0.3, 0.4) is 0 Å². The van der Waals surface area contributed by atoms with Crippen LogP contribution < -0.4 is 4.74 Å². The maximum Gasteiger partial charge on any atom is 0.264 e. The highest BCUT2D eigenvalue weighted by molar-refractivity contribution is 7.13. The van der Waals surface area contributed by atoms with Crippen LogP contribution in [0.25, 0.3) is 0 Å². The van der Waals surface area contributed by atoms with Crippen LogP contribution in [0, 0.1) is 6.92 Å². The van der Waals surface area contributed by atoms with E-state index in [9.17, 15) is 9.59 Å². The number of carbonyl (C=O) groups excluding carboxylic acids is 2. The number of thiophene rings is 1. The molecule has 3 aromatic rings. The standard InChI is InChI=1S/C23H23N3O3S/c1-17-7-8-21(30-17)23(28)26-12-10-25(11-13-26)22(27)19-5-2-6-20(14-19)29-16-18-4-3-9-24-15-18/h2-9,14-15H,10-13,16H2,1H3. The smallest absolute Gasteiger partial charge is 0.264 e. The lowest BCUT2D eigenvalue weighted by Crippen LogP contribution is -2.50. The molecular weight excluding hydrogens is 398 g/mol. The van der Waals surface area contributed by atoms with Gasteiger partial charge in [0.15, 0.2) is 0 Å². The lowest BCUT2D eigenvalue weighted by molar-refractivity contribution is 0.0538. The van der Waals surface area contributed by atoms with E-state index in [-0.39, 0.29) is 11.8 Å². The number of carbonyl (C=O) groups is 2. The second kappa shape index (κ2) is 9.09. The first-order valence-electron chi connectivity index (χ1n) is 9.87. The zero-order valence-corrected chi connectivity index (χ0v) is 17.6. The van der Waals surface area contributed by atoms with Crippen LogP contribution in [-0.4, -0.2) is 52.8 Å². The molecule has 0 N–H and O–H groups in total. The van der Waals surface area contributed by atoms with Gasteiger partial charge in [0, 0.05) is 54.6 Å². The summed E-state index contributed by atoms with van der Waals surface area (Å²) in [5, 5.41) is 0. The minimum atomic E-state index is -0.0408. The van der Waals surface area contributed by atoms with Crippen LogP contribution in [-0.2, 0) is 6.61 Å². The molecule has 1 aromatic carbocycles. The first-order valence-corrected chi connectivity index (χ1v) is 10.7. The molecule has 0 atom stereocenters. The van der Waals surface area contributed by atoms with Crippen molar-refractivity contribution in [3.8, 4) is 5.75 Å². The third-order valence-corrected chi connectivity index (χ3v) is 6.00. The van der Waals surface area contributed by atoms with E-state index in [4.69, 9.17) is 4.74 Å². The molecule has 0 saturated carbocycles. The summed E-state index contributed by atoms with van der Waals surface area (Å²) in [7, 11) is 0. The van der Waals surface area contributed by atoms with E-state index in [1.807, 2.05) is 48.2 Å². The second-order valence-corrected chi connectivity index (χ2v) is 8.46. The Morgan fingerprint density at radius 2 is 1.77 bits per heavy atom. The van der Waals surface area contributed by atoms with Crippen LogP contribution in [0.2, 0.25) is 0 Å². The number of nitrogens with zero attached hydrogens (tertiary/aromatic N) is 3. The molecule has 4 rings (SSSR count). The number of aryl methyl sites for hydroxylation is 1. The van der Waals surface area contributed by atoms with Crippen molar-refractivity contribution >= 4 is 23.2 Å². The largest absolute Gasteiger partial charge is 0.489 e. The summed E-state index contributed by atoms with van der Waals surface area (Å²) in [6.07, 6.45) is 3.48. The maximum atomic E-state index is 12.9. The zero-order chi connectivity index (χ0) is 20.9. The van der Waals surface area contributed by atoms with E-state index in [1.165, 1.54) is 11.3 Å². The number of pyridine rings is 1. The van der Waals surface area contributed by atoms with Gasteiger partial charge in [-0.25, -0.2) is 0 Å². The number of benzene rings is 1. The first kappa shape index (κ1) is 20.1. The van der Waals surface area contributed by atoms with Crippen molar-refractivity contribution in [1.29, 1.82) is 0 Å². The van der Waals surface area contributed by atoms with Crippen LogP contribution in [0.4, 0.5) is 0 Å². The predicted octanol–water partition coefficient (Wildman–Crippen LogP) is 3.63. The summed E-state index contributed by atoms with van der Waals surface area (Å²) >= 11 is 1.51. The number of rotatable bonds is 5. The van der Waals surface area contributed by atoms with Gasteiger partial charge in [-0.05, 0) is 43.3 Å². The Hall–Kier alpha value is -3.19. The van der Waals surface area contributed by atoms with Crippen molar-refractivity contribution in [3.05, 3.63) is 81.8 Å². The molecule has 30 heavy (non-hydrogen) atoms. The van der Waals surface area contributed by atoms with E-state index in [2.05, 4.69) is 4.98 Å². The van der Waals surface area contributed by atoms with Gasteiger partial charge in [0.1, 0.15) is 12.4 Å². The Labute approximate surface area is 179 Å². The molecular formula is C23H23N3O3S. The van der Waals surface area contributed by atoms with Crippen molar-refractivity contribution in [2.45, 2.75) is 13.5 Å². The first-order chi connectivity index (χ1) is 14.6. The van der Waals surface area contributed by atoms with Gasteiger partial charge in [0.05, 0.1) is 4.88 Å². The normalized spacial score (nSPS) is 13.9. The molecule has 2 aromatic heterocycles. The van der Waals surface area contributed by atoms with E-state index >= 15 is 0 Å². The average Bonchev–Trinajstić information content (AvgIpc) is 3.24. The fourth-order valence-corrected chi connectivity index (χ4v) is 4.21. The van der Waals surface area contributed by atoms with Gasteiger partial charge in [-0.15, -0.1) is 11.3 Å². The maximum absolute atomic E-state index is 12.9. The Bertz CT molecular complexity index is 1030. The second-order valence-electron chi connectivity index (χ2n) is 7.17. The fraction of sp³-hybridized carbons (Fsp3) is 0.261. The number of aromatic nitrogens is 1. The van der Waals surface area contributed by atoms with Gasteiger partial charge in [0.2, 0.25) is 0 Å². The van der Waals surface area contributed by atoms with Gasteiger partial charge < -0.3 is 14.5 Å². The Morgan fingerprint density at radius 3 is 2.43 bits per heavy atom. The molecule has 0 bridgehead atoms. The average molecular weight is 422 g/mol. The van der Waals surface area contributed by atoms with Gasteiger partial charge >= 0.3 is 0 Å². The SMILES string of the molecule is Cc1ccc(C(=O)N2CCN(C(=O)c3cccc(OCc4cccnc4)c3)CC2)s1. The highest BCUT2D eigenvalue weighted by atomic mass is 32.1. The molecule has 0 unspecified atom stereocenters. The monoisotopic (exact) mass is 421 g/mol. The summed E-state index contributed by atoms with van der Waals surface area (Å²) in [4.78, 5) is 35.1. The molecule has 0 radical (unpaired) electrons. The summed E-state index contributed by atoms with van der Waals surface area (Å²) in [6, 6.07) is 14.9.